The minimum atomic E-state index is -0.0166. The fraction of sp³-hybridized carbons (Fsp3) is 0.533. The predicted molar refractivity (Wildman–Crippen MR) is 71.5 cm³/mol. The third kappa shape index (κ3) is 2.53. The molecule has 0 aromatic heterocycles. The molecule has 2 unspecified atom stereocenters. The largest absolute Gasteiger partial charge is 0.454 e. The Balaban J connectivity index is 1.70. The number of amides is 1. The number of carbonyl (C=O) groups is 1. The molecule has 2 aliphatic rings. The molecule has 1 aliphatic carbocycles. The van der Waals surface area contributed by atoms with Crippen molar-refractivity contribution in [2.45, 2.75) is 38.6 Å². The van der Waals surface area contributed by atoms with Crippen LogP contribution < -0.4 is 14.8 Å². The lowest BCUT2D eigenvalue weighted by molar-refractivity contribution is 0.0910. The maximum atomic E-state index is 12.3. The van der Waals surface area contributed by atoms with E-state index < -0.39 is 0 Å². The zero-order valence-corrected chi connectivity index (χ0v) is 11.1. The van der Waals surface area contributed by atoms with Crippen LogP contribution in [0.5, 0.6) is 11.5 Å². The number of fused-ring (bicyclic) bond motifs is 1. The van der Waals surface area contributed by atoms with Crippen LogP contribution in [0.4, 0.5) is 0 Å². The third-order valence-electron chi connectivity index (χ3n) is 4.06. The van der Waals surface area contributed by atoms with Gasteiger partial charge >= 0.3 is 0 Å². The quantitative estimate of drug-likeness (QED) is 0.890. The average Bonchev–Trinajstić information content (AvgIpc) is 2.88. The minimum absolute atomic E-state index is 0.0166. The van der Waals surface area contributed by atoms with E-state index in [1.54, 1.807) is 18.2 Å². The Morgan fingerprint density at radius 1 is 1.21 bits per heavy atom. The third-order valence-corrected chi connectivity index (χ3v) is 4.06. The highest BCUT2D eigenvalue weighted by Gasteiger charge is 2.24. The first-order chi connectivity index (χ1) is 9.24. The summed E-state index contributed by atoms with van der Waals surface area (Å²) in [4.78, 5) is 12.3. The highest BCUT2D eigenvalue weighted by molar-refractivity contribution is 5.95. The van der Waals surface area contributed by atoms with Gasteiger partial charge in [-0.05, 0) is 37.0 Å². The summed E-state index contributed by atoms with van der Waals surface area (Å²) in [6.07, 6.45) is 4.76. The molecule has 0 bridgehead atoms. The lowest BCUT2D eigenvalue weighted by Gasteiger charge is -2.29. The van der Waals surface area contributed by atoms with Crippen LogP contribution in [0.15, 0.2) is 18.2 Å². The Morgan fingerprint density at radius 2 is 2.00 bits per heavy atom. The van der Waals surface area contributed by atoms with Gasteiger partial charge < -0.3 is 14.8 Å². The number of carbonyl (C=O) groups excluding carboxylic acids is 1. The van der Waals surface area contributed by atoms with Gasteiger partial charge in [0.15, 0.2) is 11.5 Å². The SMILES string of the molecule is CC1CCCCC1NC(=O)c1ccc2c(c1)OCO2. The second-order valence-electron chi connectivity index (χ2n) is 5.41. The highest BCUT2D eigenvalue weighted by atomic mass is 16.7. The Labute approximate surface area is 113 Å². The summed E-state index contributed by atoms with van der Waals surface area (Å²) >= 11 is 0. The second kappa shape index (κ2) is 5.11. The van der Waals surface area contributed by atoms with E-state index in [2.05, 4.69) is 12.2 Å². The first-order valence-corrected chi connectivity index (χ1v) is 6.94. The van der Waals surface area contributed by atoms with Gasteiger partial charge in [0.05, 0.1) is 0 Å². The first-order valence-electron chi connectivity index (χ1n) is 6.94. The fourth-order valence-electron chi connectivity index (χ4n) is 2.82. The van der Waals surface area contributed by atoms with E-state index in [1.807, 2.05) is 0 Å². The highest BCUT2D eigenvalue weighted by Crippen LogP contribution is 2.32. The molecule has 4 nitrogen and oxygen atoms in total. The summed E-state index contributed by atoms with van der Waals surface area (Å²) in [7, 11) is 0. The Bertz CT molecular complexity index is 486. The number of nitrogens with one attached hydrogen (secondary N) is 1. The molecule has 1 aliphatic heterocycles. The summed E-state index contributed by atoms with van der Waals surface area (Å²) in [6.45, 7) is 2.45. The number of rotatable bonds is 2. The smallest absolute Gasteiger partial charge is 0.251 e. The van der Waals surface area contributed by atoms with Crippen LogP contribution in [0.3, 0.4) is 0 Å². The molecule has 1 aromatic carbocycles. The summed E-state index contributed by atoms with van der Waals surface area (Å²) in [5, 5.41) is 3.14. The van der Waals surface area contributed by atoms with E-state index in [0.717, 1.165) is 6.42 Å². The molecule has 1 heterocycles. The summed E-state index contributed by atoms with van der Waals surface area (Å²) in [6, 6.07) is 5.63. The predicted octanol–water partition coefficient (Wildman–Crippen LogP) is 2.72. The molecule has 0 saturated heterocycles. The molecule has 4 heteroatoms. The molecule has 1 aromatic rings. The minimum Gasteiger partial charge on any atom is -0.454 e. The molecule has 0 radical (unpaired) electrons. The van der Waals surface area contributed by atoms with Crippen molar-refractivity contribution in [1.82, 2.24) is 5.32 Å². The summed E-state index contributed by atoms with van der Waals surface area (Å²) < 4.78 is 10.5. The molecule has 1 N–H and O–H groups in total. The van der Waals surface area contributed by atoms with Gasteiger partial charge in [0.25, 0.3) is 5.91 Å². The van der Waals surface area contributed by atoms with Crippen molar-refractivity contribution in [2.75, 3.05) is 6.79 Å². The van der Waals surface area contributed by atoms with Crippen LogP contribution in [0.1, 0.15) is 43.0 Å². The van der Waals surface area contributed by atoms with Gasteiger partial charge in [0.2, 0.25) is 6.79 Å². The van der Waals surface area contributed by atoms with Gasteiger partial charge in [-0.2, -0.15) is 0 Å². The molecular formula is C15H19NO3. The Hall–Kier alpha value is -1.71. The van der Waals surface area contributed by atoms with Gasteiger partial charge in [-0.1, -0.05) is 19.8 Å². The molecule has 19 heavy (non-hydrogen) atoms. The normalized spacial score (nSPS) is 25.1. The van der Waals surface area contributed by atoms with Crippen molar-refractivity contribution in [3.8, 4) is 11.5 Å². The molecule has 1 fully saturated rings. The van der Waals surface area contributed by atoms with E-state index in [9.17, 15) is 4.79 Å². The molecule has 3 rings (SSSR count). The summed E-state index contributed by atoms with van der Waals surface area (Å²) in [5.74, 6) is 1.91. The fourth-order valence-corrected chi connectivity index (χ4v) is 2.82. The van der Waals surface area contributed by atoms with E-state index >= 15 is 0 Å². The van der Waals surface area contributed by atoms with E-state index in [-0.39, 0.29) is 12.7 Å². The molecule has 0 spiro atoms. The van der Waals surface area contributed by atoms with Gasteiger partial charge in [-0.25, -0.2) is 0 Å². The van der Waals surface area contributed by atoms with Crippen molar-refractivity contribution < 1.29 is 14.3 Å². The topological polar surface area (TPSA) is 47.6 Å². The molecule has 102 valence electrons. The van der Waals surface area contributed by atoms with Crippen LogP contribution in [0, 0.1) is 5.92 Å². The maximum absolute atomic E-state index is 12.3. The molecule has 2 atom stereocenters. The Kier molecular flexibility index (Phi) is 3.32. The number of hydrogen-bond acceptors (Lipinski definition) is 3. The van der Waals surface area contributed by atoms with E-state index in [1.165, 1.54) is 19.3 Å². The number of hydrogen-bond donors (Lipinski definition) is 1. The van der Waals surface area contributed by atoms with Crippen LogP contribution >= 0.6 is 0 Å². The lowest BCUT2D eigenvalue weighted by Crippen LogP contribution is -2.41. The maximum Gasteiger partial charge on any atom is 0.251 e. The standard InChI is InChI=1S/C15H19NO3/c1-10-4-2-3-5-12(10)16-15(17)11-6-7-13-14(8-11)19-9-18-13/h6-8,10,12H,2-5,9H2,1H3,(H,16,17). The number of benzene rings is 1. The van der Waals surface area contributed by atoms with Gasteiger partial charge in [0, 0.05) is 11.6 Å². The lowest BCUT2D eigenvalue weighted by atomic mass is 9.86. The second-order valence-corrected chi connectivity index (χ2v) is 5.41. The van der Waals surface area contributed by atoms with Crippen molar-refractivity contribution in [2.24, 2.45) is 5.92 Å². The van der Waals surface area contributed by atoms with Gasteiger partial charge in [-0.3, -0.25) is 4.79 Å². The number of ether oxygens (including phenoxy) is 2. The zero-order chi connectivity index (χ0) is 13.2. The van der Waals surface area contributed by atoms with Crippen molar-refractivity contribution >= 4 is 5.91 Å². The van der Waals surface area contributed by atoms with E-state index in [0.29, 0.717) is 29.0 Å². The van der Waals surface area contributed by atoms with Crippen LogP contribution in [0.25, 0.3) is 0 Å². The molecule has 1 amide bonds. The molecular weight excluding hydrogens is 242 g/mol. The molecule has 1 saturated carbocycles. The van der Waals surface area contributed by atoms with Gasteiger partial charge in [0.1, 0.15) is 0 Å². The van der Waals surface area contributed by atoms with E-state index in [4.69, 9.17) is 9.47 Å². The Morgan fingerprint density at radius 3 is 2.84 bits per heavy atom. The summed E-state index contributed by atoms with van der Waals surface area (Å²) in [5.41, 5.74) is 0.641. The van der Waals surface area contributed by atoms with Crippen LogP contribution in [-0.4, -0.2) is 18.7 Å². The van der Waals surface area contributed by atoms with Crippen LogP contribution in [0.2, 0.25) is 0 Å². The van der Waals surface area contributed by atoms with Crippen LogP contribution in [-0.2, 0) is 0 Å². The first kappa shape index (κ1) is 12.3. The average molecular weight is 261 g/mol. The zero-order valence-electron chi connectivity index (χ0n) is 11.1. The van der Waals surface area contributed by atoms with Crippen molar-refractivity contribution in [1.29, 1.82) is 0 Å². The van der Waals surface area contributed by atoms with Crippen molar-refractivity contribution in [3.63, 3.8) is 0 Å². The monoisotopic (exact) mass is 261 g/mol. The van der Waals surface area contributed by atoms with Gasteiger partial charge in [-0.15, -0.1) is 0 Å². The van der Waals surface area contributed by atoms with Crippen molar-refractivity contribution in [3.05, 3.63) is 23.8 Å².